The number of nitrogens with two attached hydrogens (primary N) is 1. The van der Waals surface area contributed by atoms with E-state index in [0.717, 1.165) is 19.0 Å². The number of rotatable bonds is 6. The quantitative estimate of drug-likeness (QED) is 0.733. The Kier molecular flexibility index (Phi) is 6.26. The first-order valence-electron chi connectivity index (χ1n) is 6.75. The summed E-state index contributed by atoms with van der Waals surface area (Å²) in [4.78, 5) is 2.47. The van der Waals surface area contributed by atoms with E-state index in [1.165, 1.54) is 45.1 Å². The van der Waals surface area contributed by atoms with Crippen molar-refractivity contribution >= 4 is 0 Å². The van der Waals surface area contributed by atoms with Gasteiger partial charge in [0, 0.05) is 6.04 Å². The summed E-state index contributed by atoms with van der Waals surface area (Å²) in [5.74, 6) is 0.814. The van der Waals surface area contributed by atoms with Crippen molar-refractivity contribution in [1.29, 1.82) is 0 Å². The Morgan fingerprint density at radius 2 is 1.73 bits per heavy atom. The highest BCUT2D eigenvalue weighted by Gasteiger charge is 2.20. The molecule has 1 unspecified atom stereocenters. The summed E-state index contributed by atoms with van der Waals surface area (Å²) < 4.78 is 0. The Bertz CT molecular complexity index is 149. The molecule has 1 atom stereocenters. The van der Waals surface area contributed by atoms with Crippen LogP contribution >= 0.6 is 0 Å². The number of nitrogens with zero attached hydrogens (tertiary/aromatic N) is 1. The smallest absolute Gasteiger partial charge is 0.00793 e. The van der Waals surface area contributed by atoms with Crippen LogP contribution in [0.25, 0.3) is 0 Å². The van der Waals surface area contributed by atoms with Crippen LogP contribution in [0.5, 0.6) is 0 Å². The maximum absolute atomic E-state index is 6.28. The molecule has 0 amide bonds. The fourth-order valence-electron chi connectivity index (χ4n) is 2.67. The molecule has 0 spiro atoms. The van der Waals surface area contributed by atoms with Crippen molar-refractivity contribution in [3.63, 3.8) is 0 Å². The highest BCUT2D eigenvalue weighted by molar-refractivity contribution is 4.77. The molecule has 90 valence electrons. The molecule has 0 aromatic carbocycles. The Hall–Kier alpha value is -0.0800. The summed E-state index contributed by atoms with van der Waals surface area (Å²) >= 11 is 0. The van der Waals surface area contributed by atoms with E-state index in [1.807, 2.05) is 0 Å². The minimum absolute atomic E-state index is 0.450. The first-order chi connectivity index (χ1) is 7.27. The van der Waals surface area contributed by atoms with Gasteiger partial charge < -0.3 is 10.6 Å². The molecule has 1 aliphatic rings. The van der Waals surface area contributed by atoms with Crippen LogP contribution in [0.1, 0.15) is 52.4 Å². The standard InChI is InChI=1S/C13H28N2/c1-3-15(4-2)11-10-13(14)12-8-6-5-7-9-12/h12-13H,3-11,14H2,1-2H3. The third kappa shape index (κ3) is 4.52. The third-order valence-corrected chi connectivity index (χ3v) is 3.93. The van der Waals surface area contributed by atoms with Crippen molar-refractivity contribution in [3.05, 3.63) is 0 Å². The zero-order valence-corrected chi connectivity index (χ0v) is 10.5. The molecule has 1 aliphatic carbocycles. The van der Waals surface area contributed by atoms with Crippen molar-refractivity contribution in [1.82, 2.24) is 4.90 Å². The summed E-state index contributed by atoms with van der Waals surface area (Å²) in [5, 5.41) is 0. The Morgan fingerprint density at radius 1 is 1.13 bits per heavy atom. The molecule has 1 rings (SSSR count). The molecule has 0 aliphatic heterocycles. The second-order valence-electron chi connectivity index (χ2n) is 4.88. The van der Waals surface area contributed by atoms with E-state index in [1.54, 1.807) is 0 Å². The van der Waals surface area contributed by atoms with Crippen LogP contribution in [0, 0.1) is 5.92 Å². The van der Waals surface area contributed by atoms with Crippen molar-refractivity contribution in [2.75, 3.05) is 19.6 Å². The average molecular weight is 212 g/mol. The molecular formula is C13H28N2. The van der Waals surface area contributed by atoms with Gasteiger partial charge in [0.1, 0.15) is 0 Å². The lowest BCUT2D eigenvalue weighted by atomic mass is 9.83. The molecule has 0 saturated heterocycles. The topological polar surface area (TPSA) is 29.3 Å². The highest BCUT2D eigenvalue weighted by Crippen LogP contribution is 2.26. The van der Waals surface area contributed by atoms with Crippen LogP contribution in [0.4, 0.5) is 0 Å². The summed E-state index contributed by atoms with van der Waals surface area (Å²) in [5.41, 5.74) is 6.28. The van der Waals surface area contributed by atoms with Gasteiger partial charge in [0.2, 0.25) is 0 Å². The lowest BCUT2D eigenvalue weighted by molar-refractivity contribution is 0.245. The van der Waals surface area contributed by atoms with E-state index in [-0.39, 0.29) is 0 Å². The highest BCUT2D eigenvalue weighted by atomic mass is 15.1. The second kappa shape index (κ2) is 7.24. The molecule has 0 aromatic heterocycles. The monoisotopic (exact) mass is 212 g/mol. The van der Waals surface area contributed by atoms with Gasteiger partial charge in [-0.2, -0.15) is 0 Å². The van der Waals surface area contributed by atoms with E-state index in [4.69, 9.17) is 5.73 Å². The van der Waals surface area contributed by atoms with Gasteiger partial charge in [0.15, 0.2) is 0 Å². The molecule has 2 nitrogen and oxygen atoms in total. The van der Waals surface area contributed by atoms with Crippen molar-refractivity contribution in [2.45, 2.75) is 58.4 Å². The molecule has 2 heteroatoms. The molecule has 0 bridgehead atoms. The lowest BCUT2D eigenvalue weighted by Gasteiger charge is -2.29. The van der Waals surface area contributed by atoms with E-state index in [0.29, 0.717) is 6.04 Å². The molecule has 1 fully saturated rings. The van der Waals surface area contributed by atoms with Gasteiger partial charge in [-0.25, -0.2) is 0 Å². The van der Waals surface area contributed by atoms with E-state index >= 15 is 0 Å². The van der Waals surface area contributed by atoms with Gasteiger partial charge in [-0.3, -0.25) is 0 Å². The first kappa shape index (κ1) is 13.0. The van der Waals surface area contributed by atoms with Crippen molar-refractivity contribution in [3.8, 4) is 0 Å². The van der Waals surface area contributed by atoms with Gasteiger partial charge in [-0.15, -0.1) is 0 Å². The fourth-order valence-corrected chi connectivity index (χ4v) is 2.67. The largest absolute Gasteiger partial charge is 0.327 e. The summed E-state index contributed by atoms with van der Waals surface area (Å²) in [6.45, 7) is 7.97. The Labute approximate surface area is 95.2 Å². The second-order valence-corrected chi connectivity index (χ2v) is 4.88. The molecule has 0 aromatic rings. The number of hydrogen-bond acceptors (Lipinski definition) is 2. The molecule has 15 heavy (non-hydrogen) atoms. The van der Waals surface area contributed by atoms with Gasteiger partial charge in [0.05, 0.1) is 0 Å². The van der Waals surface area contributed by atoms with Crippen molar-refractivity contribution in [2.24, 2.45) is 11.7 Å². The minimum atomic E-state index is 0.450. The molecule has 1 saturated carbocycles. The zero-order chi connectivity index (χ0) is 11.1. The van der Waals surface area contributed by atoms with E-state index < -0.39 is 0 Å². The predicted octanol–water partition coefficient (Wildman–Crippen LogP) is 2.63. The third-order valence-electron chi connectivity index (χ3n) is 3.93. The summed E-state index contributed by atoms with van der Waals surface area (Å²) in [6, 6.07) is 0.450. The maximum atomic E-state index is 6.28. The minimum Gasteiger partial charge on any atom is -0.327 e. The van der Waals surface area contributed by atoms with E-state index in [2.05, 4.69) is 18.7 Å². The van der Waals surface area contributed by atoms with Crippen LogP contribution in [-0.2, 0) is 0 Å². The van der Waals surface area contributed by atoms with Crippen molar-refractivity contribution < 1.29 is 0 Å². The van der Waals surface area contributed by atoms with Crippen LogP contribution in [0.3, 0.4) is 0 Å². The Morgan fingerprint density at radius 3 is 2.27 bits per heavy atom. The SMILES string of the molecule is CCN(CC)CCC(N)C1CCCCC1. The lowest BCUT2D eigenvalue weighted by Crippen LogP contribution is -2.36. The molecular weight excluding hydrogens is 184 g/mol. The first-order valence-corrected chi connectivity index (χ1v) is 6.75. The van der Waals surface area contributed by atoms with Crippen LogP contribution in [0.2, 0.25) is 0 Å². The van der Waals surface area contributed by atoms with Crippen LogP contribution in [0.15, 0.2) is 0 Å². The molecule has 0 radical (unpaired) electrons. The van der Waals surface area contributed by atoms with Gasteiger partial charge in [0.25, 0.3) is 0 Å². The van der Waals surface area contributed by atoms with Gasteiger partial charge >= 0.3 is 0 Å². The summed E-state index contributed by atoms with van der Waals surface area (Å²) in [6.07, 6.45) is 8.18. The van der Waals surface area contributed by atoms with Gasteiger partial charge in [-0.05, 0) is 44.8 Å². The summed E-state index contributed by atoms with van der Waals surface area (Å²) in [7, 11) is 0. The molecule has 2 N–H and O–H groups in total. The Balaban J connectivity index is 2.18. The predicted molar refractivity (Wildman–Crippen MR) is 67.0 cm³/mol. The maximum Gasteiger partial charge on any atom is 0.00793 e. The normalized spacial score (nSPS) is 20.8. The van der Waals surface area contributed by atoms with Crippen LogP contribution < -0.4 is 5.73 Å². The van der Waals surface area contributed by atoms with Gasteiger partial charge in [-0.1, -0.05) is 33.1 Å². The fraction of sp³-hybridized carbons (Fsp3) is 1.00. The van der Waals surface area contributed by atoms with E-state index in [9.17, 15) is 0 Å². The zero-order valence-electron chi connectivity index (χ0n) is 10.5. The number of hydrogen-bond donors (Lipinski definition) is 1. The average Bonchev–Trinajstić information content (AvgIpc) is 2.31. The van der Waals surface area contributed by atoms with Crippen LogP contribution in [-0.4, -0.2) is 30.6 Å². The molecule has 0 heterocycles.